The second kappa shape index (κ2) is 10.6. The molecular formula is C29H28N4O4. The fourth-order valence-electron chi connectivity index (χ4n) is 4.53. The highest BCUT2D eigenvalue weighted by atomic mass is 16.5. The van der Waals surface area contributed by atoms with Crippen LogP contribution in [0.1, 0.15) is 43.7 Å². The first-order valence-corrected chi connectivity index (χ1v) is 12.1. The molecule has 3 aromatic carbocycles. The van der Waals surface area contributed by atoms with Crippen molar-refractivity contribution < 1.29 is 19.1 Å². The molecule has 5 rings (SSSR count). The van der Waals surface area contributed by atoms with Crippen LogP contribution in [0.15, 0.2) is 84.9 Å². The standard InChI is InChI=1S/C29H28N4O4/c1-36-23-15-20(16-24(17-23)37-2)19-32-13-14-33-26(29(32)35)18-25(31-33)28(34)30-27(21-9-5-3-6-10-21)22-11-7-4-8-12-22/h3-12,15-18,27H,13-14,19H2,1-2H3,(H,30,34). The van der Waals surface area contributed by atoms with Crippen LogP contribution in [0.4, 0.5) is 0 Å². The average molecular weight is 497 g/mol. The fraction of sp³-hybridized carbons (Fsp3) is 0.207. The zero-order valence-electron chi connectivity index (χ0n) is 20.8. The second-order valence-electron chi connectivity index (χ2n) is 8.81. The van der Waals surface area contributed by atoms with Crippen molar-refractivity contribution in [3.63, 3.8) is 0 Å². The number of amides is 2. The predicted octanol–water partition coefficient (Wildman–Crippen LogP) is 4.08. The molecule has 1 aromatic heterocycles. The lowest BCUT2D eigenvalue weighted by atomic mass is 9.98. The van der Waals surface area contributed by atoms with Crippen LogP contribution in [0, 0.1) is 0 Å². The molecule has 8 nitrogen and oxygen atoms in total. The summed E-state index contributed by atoms with van der Waals surface area (Å²) in [5.74, 6) is 0.808. The van der Waals surface area contributed by atoms with E-state index in [0.717, 1.165) is 16.7 Å². The number of nitrogens with zero attached hydrogens (tertiary/aromatic N) is 3. The molecule has 0 spiro atoms. The molecule has 0 bridgehead atoms. The summed E-state index contributed by atoms with van der Waals surface area (Å²) in [6.07, 6.45) is 0. The Morgan fingerprint density at radius 3 is 2.05 bits per heavy atom. The number of benzene rings is 3. The van der Waals surface area contributed by atoms with Gasteiger partial charge in [0.05, 0.1) is 26.8 Å². The first kappa shape index (κ1) is 24.1. The van der Waals surface area contributed by atoms with E-state index in [2.05, 4.69) is 10.4 Å². The molecule has 8 heteroatoms. The van der Waals surface area contributed by atoms with Crippen LogP contribution in [0.3, 0.4) is 0 Å². The van der Waals surface area contributed by atoms with Gasteiger partial charge in [0.25, 0.3) is 11.8 Å². The minimum absolute atomic E-state index is 0.178. The number of aromatic nitrogens is 2. The first-order valence-electron chi connectivity index (χ1n) is 12.1. The van der Waals surface area contributed by atoms with Gasteiger partial charge < -0.3 is 19.7 Å². The lowest BCUT2D eigenvalue weighted by Gasteiger charge is -2.27. The van der Waals surface area contributed by atoms with Gasteiger partial charge in [-0.25, -0.2) is 0 Å². The van der Waals surface area contributed by atoms with Gasteiger partial charge in [-0.05, 0) is 28.8 Å². The summed E-state index contributed by atoms with van der Waals surface area (Å²) in [5.41, 5.74) is 3.42. The van der Waals surface area contributed by atoms with Crippen molar-refractivity contribution in [3.05, 3.63) is 113 Å². The number of methoxy groups -OCH3 is 2. The van der Waals surface area contributed by atoms with Gasteiger partial charge in [-0.2, -0.15) is 5.10 Å². The Kier molecular flexibility index (Phi) is 6.89. The molecule has 0 unspecified atom stereocenters. The van der Waals surface area contributed by atoms with Crippen LogP contribution in [0.25, 0.3) is 0 Å². The predicted molar refractivity (Wildman–Crippen MR) is 139 cm³/mol. The van der Waals surface area contributed by atoms with E-state index < -0.39 is 0 Å². The number of hydrogen-bond donors (Lipinski definition) is 1. The summed E-state index contributed by atoms with van der Waals surface area (Å²) in [6, 6.07) is 26.3. The molecule has 4 aromatic rings. The number of carbonyl (C=O) groups excluding carboxylic acids is 2. The van der Waals surface area contributed by atoms with E-state index in [1.54, 1.807) is 35.9 Å². The van der Waals surface area contributed by atoms with Crippen LogP contribution in [-0.4, -0.2) is 47.3 Å². The van der Waals surface area contributed by atoms with Crippen molar-refractivity contribution in [2.45, 2.75) is 19.1 Å². The molecule has 0 saturated carbocycles. The van der Waals surface area contributed by atoms with Crippen LogP contribution < -0.4 is 14.8 Å². The van der Waals surface area contributed by atoms with Crippen molar-refractivity contribution in [2.24, 2.45) is 0 Å². The molecule has 1 aliphatic rings. The number of fused-ring (bicyclic) bond motifs is 1. The number of ether oxygens (including phenoxy) is 2. The molecule has 188 valence electrons. The molecular weight excluding hydrogens is 468 g/mol. The molecule has 37 heavy (non-hydrogen) atoms. The smallest absolute Gasteiger partial charge is 0.272 e. The maximum atomic E-state index is 13.3. The van der Waals surface area contributed by atoms with Gasteiger partial charge in [-0.3, -0.25) is 14.3 Å². The largest absolute Gasteiger partial charge is 0.497 e. The van der Waals surface area contributed by atoms with Crippen molar-refractivity contribution in [1.82, 2.24) is 20.0 Å². The van der Waals surface area contributed by atoms with E-state index in [9.17, 15) is 9.59 Å². The first-order chi connectivity index (χ1) is 18.1. The van der Waals surface area contributed by atoms with Crippen LogP contribution in [0.5, 0.6) is 11.5 Å². The highest BCUT2D eigenvalue weighted by Crippen LogP contribution is 2.26. The highest BCUT2D eigenvalue weighted by molar-refractivity contribution is 5.98. The van der Waals surface area contributed by atoms with Crippen molar-refractivity contribution in [3.8, 4) is 11.5 Å². The summed E-state index contributed by atoms with van der Waals surface area (Å²) >= 11 is 0. The molecule has 0 saturated heterocycles. The molecule has 1 aliphatic heterocycles. The zero-order chi connectivity index (χ0) is 25.8. The van der Waals surface area contributed by atoms with E-state index in [1.807, 2.05) is 72.8 Å². The minimum atomic E-state index is -0.344. The van der Waals surface area contributed by atoms with Crippen molar-refractivity contribution in [1.29, 1.82) is 0 Å². The van der Waals surface area contributed by atoms with E-state index in [1.165, 1.54) is 0 Å². The monoisotopic (exact) mass is 496 g/mol. The topological polar surface area (TPSA) is 85.7 Å². The summed E-state index contributed by atoms with van der Waals surface area (Å²) in [7, 11) is 3.19. The quantitative estimate of drug-likeness (QED) is 0.397. The van der Waals surface area contributed by atoms with Crippen molar-refractivity contribution in [2.75, 3.05) is 20.8 Å². The molecule has 0 fully saturated rings. The zero-order valence-corrected chi connectivity index (χ0v) is 20.8. The summed E-state index contributed by atoms with van der Waals surface area (Å²) in [5, 5.41) is 7.55. The fourth-order valence-corrected chi connectivity index (χ4v) is 4.53. The Labute approximate surface area is 215 Å². The summed E-state index contributed by atoms with van der Waals surface area (Å²) in [6.45, 7) is 1.37. The van der Waals surface area contributed by atoms with Crippen LogP contribution >= 0.6 is 0 Å². The van der Waals surface area contributed by atoms with Gasteiger partial charge in [-0.15, -0.1) is 0 Å². The van der Waals surface area contributed by atoms with Gasteiger partial charge in [-0.1, -0.05) is 60.7 Å². The Bertz CT molecular complexity index is 1340. The SMILES string of the molecule is COc1cc(CN2CCn3nc(C(=O)NC(c4ccccc4)c4ccccc4)cc3C2=O)cc(OC)c1. The third kappa shape index (κ3) is 5.18. The number of hydrogen-bond acceptors (Lipinski definition) is 5. The van der Waals surface area contributed by atoms with Gasteiger partial charge in [0, 0.05) is 25.2 Å². The van der Waals surface area contributed by atoms with Gasteiger partial charge in [0.2, 0.25) is 0 Å². The van der Waals surface area contributed by atoms with Gasteiger partial charge in [0.1, 0.15) is 17.2 Å². The highest BCUT2D eigenvalue weighted by Gasteiger charge is 2.29. The maximum absolute atomic E-state index is 13.3. The number of carbonyl (C=O) groups is 2. The normalized spacial score (nSPS) is 12.8. The number of nitrogens with one attached hydrogen (secondary N) is 1. The van der Waals surface area contributed by atoms with Gasteiger partial charge in [0.15, 0.2) is 5.69 Å². The molecule has 1 N–H and O–H groups in total. The minimum Gasteiger partial charge on any atom is -0.497 e. The third-order valence-electron chi connectivity index (χ3n) is 6.43. The Morgan fingerprint density at radius 1 is 0.892 bits per heavy atom. The van der Waals surface area contributed by atoms with Gasteiger partial charge >= 0.3 is 0 Å². The van der Waals surface area contributed by atoms with Crippen LogP contribution in [-0.2, 0) is 13.1 Å². The van der Waals surface area contributed by atoms with E-state index in [-0.39, 0.29) is 23.6 Å². The summed E-state index contributed by atoms with van der Waals surface area (Å²) in [4.78, 5) is 28.3. The van der Waals surface area contributed by atoms with Crippen LogP contribution in [0.2, 0.25) is 0 Å². The van der Waals surface area contributed by atoms with Crippen molar-refractivity contribution >= 4 is 11.8 Å². The molecule has 2 heterocycles. The van der Waals surface area contributed by atoms with E-state index in [4.69, 9.17) is 9.47 Å². The third-order valence-corrected chi connectivity index (χ3v) is 6.43. The molecule has 0 atom stereocenters. The molecule has 0 aliphatic carbocycles. The molecule has 2 amide bonds. The molecule has 0 radical (unpaired) electrons. The Morgan fingerprint density at radius 2 is 1.49 bits per heavy atom. The average Bonchev–Trinajstić information content (AvgIpc) is 3.39. The lowest BCUT2D eigenvalue weighted by Crippen LogP contribution is -2.39. The summed E-state index contributed by atoms with van der Waals surface area (Å²) < 4.78 is 12.3. The van der Waals surface area contributed by atoms with E-state index >= 15 is 0 Å². The van der Waals surface area contributed by atoms with E-state index in [0.29, 0.717) is 36.8 Å². The Hall–Kier alpha value is -4.59. The Balaban J connectivity index is 1.35. The number of rotatable bonds is 8. The maximum Gasteiger partial charge on any atom is 0.272 e. The second-order valence-corrected chi connectivity index (χ2v) is 8.81. The lowest BCUT2D eigenvalue weighted by molar-refractivity contribution is 0.0682.